The van der Waals surface area contributed by atoms with Gasteiger partial charge in [0.2, 0.25) is 0 Å². The highest BCUT2D eigenvalue weighted by Gasteiger charge is 2.07. The van der Waals surface area contributed by atoms with Crippen molar-refractivity contribution in [1.29, 1.82) is 0 Å². The van der Waals surface area contributed by atoms with Gasteiger partial charge in [0, 0.05) is 5.02 Å². The van der Waals surface area contributed by atoms with Crippen LogP contribution in [0.1, 0.15) is 5.69 Å². The van der Waals surface area contributed by atoms with Crippen molar-refractivity contribution in [1.82, 2.24) is 30.2 Å². The maximum atomic E-state index is 5.88. The number of rotatable bonds is 4. The number of fused-ring (bicyclic) bond motifs is 1. The smallest absolute Gasteiger partial charge is 0.162 e. The molecule has 0 aliphatic rings. The number of halogens is 1. The molecule has 0 aliphatic heterocycles. The molecule has 0 radical (unpaired) electrons. The van der Waals surface area contributed by atoms with E-state index >= 15 is 0 Å². The fourth-order valence-electron chi connectivity index (χ4n) is 2.15. The highest BCUT2D eigenvalue weighted by atomic mass is 35.5. The lowest BCUT2D eigenvalue weighted by Gasteiger charge is -2.02. The summed E-state index contributed by atoms with van der Waals surface area (Å²) in [6.07, 6.45) is 1.79. The monoisotopic (exact) mass is 326 g/mol. The Morgan fingerprint density at radius 2 is 1.78 bits per heavy atom. The zero-order valence-corrected chi connectivity index (χ0v) is 12.6. The third-order valence-corrected chi connectivity index (χ3v) is 3.54. The van der Waals surface area contributed by atoms with Gasteiger partial charge in [0.1, 0.15) is 16.7 Å². The van der Waals surface area contributed by atoms with Crippen LogP contribution in [-0.2, 0) is 6.61 Å². The Kier molecular flexibility index (Phi) is 3.39. The number of hydrogen-bond donors (Lipinski definition) is 0. The molecule has 2 heterocycles. The molecule has 23 heavy (non-hydrogen) atoms. The first kappa shape index (κ1) is 13.7. The Balaban J connectivity index is 1.51. The molecule has 4 rings (SSSR count). The van der Waals surface area contributed by atoms with Crippen LogP contribution in [-0.4, -0.2) is 30.2 Å². The van der Waals surface area contributed by atoms with Crippen molar-refractivity contribution in [3.8, 4) is 5.69 Å². The summed E-state index contributed by atoms with van der Waals surface area (Å²) in [7, 11) is 0. The molecule has 0 atom stereocenters. The summed E-state index contributed by atoms with van der Waals surface area (Å²) >= 11 is 5.88. The van der Waals surface area contributed by atoms with Crippen molar-refractivity contribution >= 4 is 22.6 Å². The summed E-state index contributed by atoms with van der Waals surface area (Å²) in [5, 5.41) is 16.8. The second-order valence-corrected chi connectivity index (χ2v) is 5.29. The lowest BCUT2D eigenvalue weighted by Crippen LogP contribution is -2.13. The van der Waals surface area contributed by atoms with Gasteiger partial charge in [-0.1, -0.05) is 33.8 Å². The molecule has 0 unspecified atom stereocenters. The quantitative estimate of drug-likeness (QED) is 0.575. The number of hydrogen-bond acceptors (Lipinski definition) is 5. The van der Waals surface area contributed by atoms with Crippen LogP contribution < -0.4 is 4.84 Å². The number of nitrogens with zero attached hydrogens (tertiary/aromatic N) is 6. The predicted octanol–water partition coefficient (Wildman–Crippen LogP) is 2.29. The summed E-state index contributed by atoms with van der Waals surface area (Å²) < 4.78 is 1.66. The fourth-order valence-corrected chi connectivity index (χ4v) is 2.28. The molecular weight excluding hydrogens is 316 g/mol. The molecule has 4 aromatic rings. The SMILES string of the molecule is Clc1ccc(-n2cc(COn3nnc4ccccc43)nn2)cc1. The fraction of sp³-hybridized carbons (Fsp3) is 0.0667. The first-order valence-electron chi connectivity index (χ1n) is 6.90. The summed E-state index contributed by atoms with van der Waals surface area (Å²) in [6.45, 7) is 0.237. The van der Waals surface area contributed by atoms with Crippen molar-refractivity contribution in [3.63, 3.8) is 0 Å². The molecule has 114 valence electrons. The van der Waals surface area contributed by atoms with E-state index in [9.17, 15) is 0 Å². The van der Waals surface area contributed by atoms with E-state index in [1.165, 1.54) is 4.85 Å². The van der Waals surface area contributed by atoms with Gasteiger partial charge in [-0.05, 0) is 41.6 Å². The maximum absolute atomic E-state index is 5.88. The Hall–Kier alpha value is -2.93. The minimum Gasteiger partial charge on any atom is -0.388 e. The van der Waals surface area contributed by atoms with Crippen LogP contribution in [0.2, 0.25) is 5.02 Å². The van der Waals surface area contributed by atoms with Gasteiger partial charge in [0.15, 0.2) is 6.61 Å². The van der Waals surface area contributed by atoms with Crippen LogP contribution in [0.4, 0.5) is 0 Å². The number of aromatic nitrogens is 6. The van der Waals surface area contributed by atoms with Gasteiger partial charge in [-0.25, -0.2) is 4.68 Å². The average Bonchev–Trinajstić information content (AvgIpc) is 3.20. The van der Waals surface area contributed by atoms with Crippen LogP contribution in [0, 0.1) is 0 Å². The Morgan fingerprint density at radius 1 is 0.957 bits per heavy atom. The van der Waals surface area contributed by atoms with Crippen molar-refractivity contribution in [2.24, 2.45) is 0 Å². The summed E-state index contributed by atoms with van der Waals surface area (Å²) in [5.41, 5.74) is 3.13. The van der Waals surface area contributed by atoms with Crippen molar-refractivity contribution < 1.29 is 4.84 Å². The highest BCUT2D eigenvalue weighted by molar-refractivity contribution is 6.30. The second-order valence-electron chi connectivity index (χ2n) is 4.86. The zero-order valence-electron chi connectivity index (χ0n) is 11.9. The van der Waals surface area contributed by atoms with E-state index in [1.54, 1.807) is 23.0 Å². The Labute approximate surface area is 136 Å². The first-order valence-corrected chi connectivity index (χ1v) is 7.28. The topological polar surface area (TPSA) is 70.7 Å². The van der Waals surface area contributed by atoms with Gasteiger partial charge >= 0.3 is 0 Å². The molecule has 0 saturated heterocycles. The molecule has 8 heteroatoms. The predicted molar refractivity (Wildman–Crippen MR) is 84.2 cm³/mol. The van der Waals surface area contributed by atoms with Gasteiger partial charge < -0.3 is 4.84 Å². The summed E-state index contributed by atoms with van der Waals surface area (Å²) in [4.78, 5) is 7.01. The van der Waals surface area contributed by atoms with Gasteiger partial charge in [-0.3, -0.25) is 0 Å². The average molecular weight is 327 g/mol. The van der Waals surface area contributed by atoms with E-state index in [2.05, 4.69) is 20.6 Å². The van der Waals surface area contributed by atoms with Crippen LogP contribution in [0.25, 0.3) is 16.7 Å². The Bertz CT molecular complexity index is 946. The maximum Gasteiger partial charge on any atom is 0.162 e. The second kappa shape index (κ2) is 5.69. The zero-order chi connectivity index (χ0) is 15.6. The molecule has 0 aliphatic carbocycles. The number of para-hydroxylation sites is 1. The lowest BCUT2D eigenvalue weighted by molar-refractivity contribution is 0.0731. The molecular formula is C15H11ClN6O. The van der Waals surface area contributed by atoms with E-state index in [0.717, 1.165) is 16.7 Å². The molecule has 0 spiro atoms. The summed E-state index contributed by atoms with van der Waals surface area (Å²) in [6, 6.07) is 14.9. The largest absolute Gasteiger partial charge is 0.388 e. The standard InChI is InChI=1S/C15H11ClN6O/c16-11-5-7-13(8-6-11)21-9-12(17-19-21)10-23-22-15-4-2-1-3-14(15)18-20-22/h1-9H,10H2. The molecule has 2 aromatic carbocycles. The molecule has 0 saturated carbocycles. The van der Waals surface area contributed by atoms with Crippen LogP contribution >= 0.6 is 11.6 Å². The highest BCUT2D eigenvalue weighted by Crippen LogP contribution is 2.13. The van der Waals surface area contributed by atoms with Crippen molar-refractivity contribution in [3.05, 3.63) is 65.4 Å². The van der Waals surface area contributed by atoms with Gasteiger partial charge in [-0.2, -0.15) is 0 Å². The third kappa shape index (κ3) is 2.74. The molecule has 0 N–H and O–H groups in total. The third-order valence-electron chi connectivity index (χ3n) is 3.29. The molecule has 7 nitrogen and oxygen atoms in total. The van der Waals surface area contributed by atoms with E-state index < -0.39 is 0 Å². The van der Waals surface area contributed by atoms with E-state index in [4.69, 9.17) is 16.4 Å². The van der Waals surface area contributed by atoms with E-state index in [-0.39, 0.29) is 6.61 Å². The Morgan fingerprint density at radius 3 is 2.65 bits per heavy atom. The lowest BCUT2D eigenvalue weighted by atomic mass is 10.3. The normalized spacial score (nSPS) is 11.0. The van der Waals surface area contributed by atoms with Crippen LogP contribution in [0.3, 0.4) is 0 Å². The van der Waals surface area contributed by atoms with Crippen molar-refractivity contribution in [2.75, 3.05) is 0 Å². The van der Waals surface area contributed by atoms with Crippen LogP contribution in [0.5, 0.6) is 0 Å². The molecule has 2 aromatic heterocycles. The van der Waals surface area contributed by atoms with Crippen molar-refractivity contribution in [2.45, 2.75) is 6.61 Å². The summed E-state index contributed by atoms with van der Waals surface area (Å²) in [5.74, 6) is 0. The molecule has 0 amide bonds. The van der Waals surface area contributed by atoms with Gasteiger partial charge in [-0.15, -0.1) is 10.2 Å². The molecule has 0 fully saturated rings. The van der Waals surface area contributed by atoms with Gasteiger partial charge in [0.05, 0.1) is 11.9 Å². The van der Waals surface area contributed by atoms with E-state index in [1.807, 2.05) is 36.4 Å². The number of benzene rings is 2. The minimum absolute atomic E-state index is 0.237. The molecule has 0 bridgehead atoms. The minimum atomic E-state index is 0.237. The van der Waals surface area contributed by atoms with E-state index in [0.29, 0.717) is 10.7 Å². The van der Waals surface area contributed by atoms with Crippen LogP contribution in [0.15, 0.2) is 54.7 Å². The van der Waals surface area contributed by atoms with Gasteiger partial charge in [0.25, 0.3) is 0 Å². The first-order chi connectivity index (χ1) is 11.3.